The summed E-state index contributed by atoms with van der Waals surface area (Å²) in [6.07, 6.45) is 0. The fraction of sp³-hybridized carbons (Fsp3) is 0.400. The Bertz CT molecular complexity index is 972. The number of rotatable bonds is 5. The third kappa shape index (κ3) is 4.10. The van der Waals surface area contributed by atoms with Gasteiger partial charge in [-0.15, -0.1) is 0 Å². The molecular weight excluding hydrogens is 419 g/mol. The number of halogens is 2. The Hall–Kier alpha value is -1.47. The number of hydrogen-bond donors (Lipinski definition) is 0. The number of aryl methyl sites for hydroxylation is 1. The molecule has 0 N–H and O–H groups in total. The fourth-order valence-corrected chi connectivity index (χ4v) is 5.31. The Morgan fingerprint density at radius 2 is 1.71 bits per heavy atom. The van der Waals surface area contributed by atoms with Gasteiger partial charge in [0.25, 0.3) is 0 Å². The average molecular weight is 443 g/mol. The highest BCUT2D eigenvalue weighted by atomic mass is 35.5. The molecule has 1 saturated heterocycles. The van der Waals surface area contributed by atoms with Crippen molar-refractivity contribution >= 4 is 38.9 Å². The first-order valence-corrected chi connectivity index (χ1v) is 11.4. The van der Waals surface area contributed by atoms with Crippen LogP contribution in [-0.4, -0.2) is 45.5 Å². The van der Waals surface area contributed by atoms with Crippen molar-refractivity contribution in [1.82, 2.24) is 4.31 Å². The number of benzene rings is 2. The number of anilines is 1. The van der Waals surface area contributed by atoms with Crippen LogP contribution >= 0.6 is 23.2 Å². The van der Waals surface area contributed by atoms with Crippen LogP contribution in [-0.2, 0) is 10.0 Å². The Labute approximate surface area is 176 Å². The summed E-state index contributed by atoms with van der Waals surface area (Å²) in [5.41, 5.74) is 2.83. The lowest BCUT2D eigenvalue weighted by Gasteiger charge is -2.36. The van der Waals surface area contributed by atoms with Gasteiger partial charge in [0.1, 0.15) is 10.6 Å². The van der Waals surface area contributed by atoms with Gasteiger partial charge in [0, 0.05) is 41.9 Å². The molecule has 5 nitrogen and oxygen atoms in total. The predicted molar refractivity (Wildman–Crippen MR) is 115 cm³/mol. The van der Waals surface area contributed by atoms with E-state index in [0.717, 1.165) is 16.8 Å². The molecule has 0 radical (unpaired) electrons. The average Bonchev–Trinajstić information content (AvgIpc) is 2.67. The van der Waals surface area contributed by atoms with Crippen LogP contribution in [0.4, 0.5) is 5.69 Å². The molecule has 0 aromatic heterocycles. The first kappa shape index (κ1) is 21.2. The van der Waals surface area contributed by atoms with Crippen LogP contribution in [0.3, 0.4) is 0 Å². The summed E-state index contributed by atoms with van der Waals surface area (Å²) in [6, 6.07) is 8.96. The van der Waals surface area contributed by atoms with Crippen molar-refractivity contribution in [2.24, 2.45) is 0 Å². The summed E-state index contributed by atoms with van der Waals surface area (Å²) in [7, 11) is -3.71. The molecule has 0 aliphatic carbocycles. The van der Waals surface area contributed by atoms with Crippen molar-refractivity contribution in [2.45, 2.75) is 25.7 Å². The van der Waals surface area contributed by atoms with Crippen LogP contribution in [0.15, 0.2) is 35.2 Å². The van der Waals surface area contributed by atoms with Gasteiger partial charge in [0.2, 0.25) is 10.0 Å². The molecule has 1 heterocycles. The SMILES string of the molecule is CCOc1cc(C)c(Cl)cc1S(=O)(=O)N1CCN(c2cccc(Cl)c2C)CC1. The standard InChI is InChI=1S/C20H24Cl2N2O3S/c1-4-27-19-12-14(2)17(22)13-20(19)28(25,26)24-10-8-23(9-11-24)18-7-5-6-16(21)15(18)3/h5-7,12-13H,4,8-11H2,1-3H3. The van der Waals surface area contributed by atoms with Gasteiger partial charge in [0.15, 0.2) is 0 Å². The maximum Gasteiger partial charge on any atom is 0.246 e. The van der Waals surface area contributed by atoms with Crippen molar-refractivity contribution in [3.8, 4) is 5.75 Å². The molecule has 0 spiro atoms. The highest BCUT2D eigenvalue weighted by Gasteiger charge is 2.32. The fourth-order valence-electron chi connectivity index (χ4n) is 3.35. The van der Waals surface area contributed by atoms with Crippen LogP contribution in [0.5, 0.6) is 5.75 Å². The molecule has 2 aromatic rings. The number of hydrogen-bond acceptors (Lipinski definition) is 4. The zero-order chi connectivity index (χ0) is 20.5. The van der Waals surface area contributed by atoms with Gasteiger partial charge in [0.05, 0.1) is 6.61 Å². The number of ether oxygens (including phenoxy) is 1. The Morgan fingerprint density at radius 3 is 2.36 bits per heavy atom. The molecule has 2 aromatic carbocycles. The molecule has 1 fully saturated rings. The Kier molecular flexibility index (Phi) is 6.44. The second-order valence-electron chi connectivity index (χ2n) is 6.76. The van der Waals surface area contributed by atoms with Crippen molar-refractivity contribution in [3.63, 3.8) is 0 Å². The second kappa shape index (κ2) is 8.49. The summed E-state index contributed by atoms with van der Waals surface area (Å²) in [6.45, 7) is 7.94. The highest BCUT2D eigenvalue weighted by molar-refractivity contribution is 7.89. The minimum Gasteiger partial charge on any atom is -0.492 e. The monoisotopic (exact) mass is 442 g/mol. The maximum atomic E-state index is 13.3. The molecule has 0 saturated carbocycles. The Balaban J connectivity index is 1.84. The lowest BCUT2D eigenvalue weighted by molar-refractivity contribution is 0.327. The smallest absolute Gasteiger partial charge is 0.246 e. The Morgan fingerprint density at radius 1 is 1.04 bits per heavy atom. The molecular formula is C20H24Cl2N2O3S. The van der Waals surface area contributed by atoms with E-state index in [1.807, 2.05) is 39.0 Å². The molecule has 1 aliphatic heterocycles. The van der Waals surface area contributed by atoms with E-state index in [1.54, 1.807) is 6.07 Å². The number of piperazine rings is 1. The minimum atomic E-state index is -3.71. The van der Waals surface area contributed by atoms with Crippen molar-refractivity contribution < 1.29 is 13.2 Å². The summed E-state index contributed by atoms with van der Waals surface area (Å²) in [5, 5.41) is 1.12. The first-order valence-electron chi connectivity index (χ1n) is 9.19. The molecule has 3 rings (SSSR count). The van der Waals surface area contributed by atoms with Gasteiger partial charge in [-0.1, -0.05) is 29.3 Å². The number of nitrogens with zero attached hydrogens (tertiary/aromatic N) is 2. The molecule has 1 aliphatic rings. The van der Waals surface area contributed by atoms with Crippen LogP contribution < -0.4 is 9.64 Å². The predicted octanol–water partition coefficient (Wildman–Crippen LogP) is 4.52. The van der Waals surface area contributed by atoms with Crippen molar-refractivity contribution in [2.75, 3.05) is 37.7 Å². The molecule has 28 heavy (non-hydrogen) atoms. The summed E-state index contributed by atoms with van der Waals surface area (Å²) >= 11 is 12.4. The molecule has 152 valence electrons. The lowest BCUT2D eigenvalue weighted by atomic mass is 10.1. The van der Waals surface area contributed by atoms with E-state index < -0.39 is 10.0 Å². The molecule has 8 heteroatoms. The highest BCUT2D eigenvalue weighted by Crippen LogP contribution is 2.34. The summed E-state index contributed by atoms with van der Waals surface area (Å²) < 4.78 is 33.6. The normalized spacial score (nSPS) is 15.7. The van der Waals surface area contributed by atoms with E-state index in [1.165, 1.54) is 10.4 Å². The first-order chi connectivity index (χ1) is 13.3. The van der Waals surface area contributed by atoms with E-state index in [2.05, 4.69) is 4.90 Å². The minimum absolute atomic E-state index is 0.123. The number of sulfonamides is 1. The third-order valence-electron chi connectivity index (χ3n) is 4.96. The van der Waals surface area contributed by atoms with E-state index in [4.69, 9.17) is 27.9 Å². The maximum absolute atomic E-state index is 13.3. The molecule has 0 amide bonds. The van der Waals surface area contributed by atoms with Crippen LogP contribution in [0.2, 0.25) is 10.0 Å². The van der Waals surface area contributed by atoms with E-state index >= 15 is 0 Å². The largest absolute Gasteiger partial charge is 0.492 e. The van der Waals surface area contributed by atoms with Gasteiger partial charge < -0.3 is 9.64 Å². The van der Waals surface area contributed by atoms with E-state index in [9.17, 15) is 8.42 Å². The molecule has 0 unspecified atom stereocenters. The second-order valence-corrected chi connectivity index (χ2v) is 9.48. The van der Waals surface area contributed by atoms with Crippen LogP contribution in [0, 0.1) is 13.8 Å². The summed E-state index contributed by atoms with van der Waals surface area (Å²) in [4.78, 5) is 2.29. The van der Waals surface area contributed by atoms with Gasteiger partial charge >= 0.3 is 0 Å². The van der Waals surface area contributed by atoms with Gasteiger partial charge in [-0.25, -0.2) is 8.42 Å². The quantitative estimate of drug-likeness (QED) is 0.682. The summed E-state index contributed by atoms with van der Waals surface area (Å²) in [5.74, 6) is 0.345. The van der Waals surface area contributed by atoms with E-state index in [-0.39, 0.29) is 4.90 Å². The van der Waals surface area contributed by atoms with Crippen LogP contribution in [0.25, 0.3) is 0 Å². The topological polar surface area (TPSA) is 49.9 Å². The van der Waals surface area contributed by atoms with Crippen molar-refractivity contribution in [3.05, 3.63) is 51.5 Å². The van der Waals surface area contributed by atoms with Gasteiger partial charge in [-0.2, -0.15) is 4.31 Å². The molecule has 0 bridgehead atoms. The van der Waals surface area contributed by atoms with Gasteiger partial charge in [-0.3, -0.25) is 0 Å². The van der Waals surface area contributed by atoms with Crippen molar-refractivity contribution in [1.29, 1.82) is 0 Å². The van der Waals surface area contributed by atoms with Crippen LogP contribution in [0.1, 0.15) is 18.1 Å². The lowest BCUT2D eigenvalue weighted by Crippen LogP contribution is -2.48. The molecule has 0 atom stereocenters. The zero-order valence-corrected chi connectivity index (χ0v) is 18.5. The van der Waals surface area contributed by atoms with Gasteiger partial charge in [-0.05, 0) is 56.2 Å². The van der Waals surface area contributed by atoms with E-state index in [0.29, 0.717) is 48.6 Å². The zero-order valence-electron chi connectivity index (χ0n) is 16.2. The third-order valence-corrected chi connectivity index (χ3v) is 7.70.